The molecule has 2 aromatic rings. The van der Waals surface area contributed by atoms with Gasteiger partial charge in [0.25, 0.3) is 0 Å². The molecule has 0 bridgehead atoms. The van der Waals surface area contributed by atoms with Crippen molar-refractivity contribution < 1.29 is 8.98 Å². The maximum atomic E-state index is 12.2. The first kappa shape index (κ1) is 12.4. The summed E-state index contributed by atoms with van der Waals surface area (Å²) in [5.74, 6) is 0.319. The Kier molecular flexibility index (Phi) is 3.13. The van der Waals surface area contributed by atoms with E-state index in [1.165, 1.54) is 24.8 Å². The van der Waals surface area contributed by atoms with Crippen molar-refractivity contribution in [2.75, 3.05) is 0 Å². The summed E-state index contributed by atoms with van der Waals surface area (Å²) in [6, 6.07) is 6.21. The fraction of sp³-hybridized carbons (Fsp3) is 0.500. The highest BCUT2D eigenvalue weighted by atomic mass is 16.4. The molecule has 0 saturated heterocycles. The maximum Gasteiger partial charge on any atom is 0.602 e. The largest absolute Gasteiger partial charge is 0.602 e. The highest BCUT2D eigenvalue weighted by Gasteiger charge is 2.32. The highest BCUT2D eigenvalue weighted by Crippen LogP contribution is 2.29. The van der Waals surface area contributed by atoms with Crippen molar-refractivity contribution in [3.63, 3.8) is 0 Å². The normalized spacial score (nSPS) is 23.7. The molecule has 0 spiro atoms. The molecule has 1 heterocycles. The van der Waals surface area contributed by atoms with Crippen molar-refractivity contribution >= 4 is 11.0 Å². The summed E-state index contributed by atoms with van der Waals surface area (Å²) < 4.78 is 7.27. The third-order valence-corrected chi connectivity index (χ3v) is 4.28. The Morgan fingerprint density at radius 3 is 2.84 bits per heavy atom. The first-order valence-corrected chi connectivity index (χ1v) is 7.11. The number of fused-ring (bicyclic) bond motifs is 1. The lowest BCUT2D eigenvalue weighted by atomic mass is 9.86. The maximum absolute atomic E-state index is 12.2. The van der Waals surface area contributed by atoms with Gasteiger partial charge in [-0.2, -0.15) is 4.79 Å². The molecular formula is C16H20NO2+. The molecule has 2 atom stereocenters. The zero-order valence-electron chi connectivity index (χ0n) is 11.6. The van der Waals surface area contributed by atoms with Gasteiger partial charge < -0.3 is 4.42 Å². The first-order valence-electron chi connectivity index (χ1n) is 7.11. The van der Waals surface area contributed by atoms with E-state index in [0.29, 0.717) is 11.5 Å². The minimum absolute atomic E-state index is 0.227. The highest BCUT2D eigenvalue weighted by molar-refractivity contribution is 5.75. The molecule has 0 amide bonds. The molecule has 1 saturated carbocycles. The second kappa shape index (κ2) is 4.80. The minimum atomic E-state index is -0.227. The molecule has 3 heteroatoms. The van der Waals surface area contributed by atoms with Gasteiger partial charge in [-0.05, 0) is 31.9 Å². The van der Waals surface area contributed by atoms with Crippen molar-refractivity contribution in [1.82, 2.24) is 0 Å². The molecule has 0 N–H and O–H groups in total. The molecule has 1 fully saturated rings. The molecule has 1 aromatic heterocycles. The molecular weight excluding hydrogens is 238 g/mol. The zero-order chi connectivity index (χ0) is 13.4. The third kappa shape index (κ3) is 2.29. The average Bonchev–Trinajstić information content (AvgIpc) is 2.39. The summed E-state index contributed by atoms with van der Waals surface area (Å²) in [7, 11) is 0. The summed E-state index contributed by atoms with van der Waals surface area (Å²) in [5, 5.41) is 1.01. The van der Waals surface area contributed by atoms with Crippen LogP contribution in [0.15, 0.2) is 33.6 Å². The Bertz CT molecular complexity index is 659. The molecule has 3 rings (SSSR count). The van der Waals surface area contributed by atoms with Crippen molar-refractivity contribution in [2.24, 2.45) is 5.92 Å². The Balaban J connectivity index is 2.12. The molecule has 1 aliphatic rings. The van der Waals surface area contributed by atoms with Crippen LogP contribution in [0.3, 0.4) is 0 Å². The van der Waals surface area contributed by atoms with Crippen molar-refractivity contribution in [2.45, 2.75) is 45.6 Å². The van der Waals surface area contributed by atoms with Crippen LogP contribution < -0.4 is 10.3 Å². The second-order valence-corrected chi connectivity index (χ2v) is 5.77. The van der Waals surface area contributed by atoms with Crippen LogP contribution in [0.1, 0.15) is 44.2 Å². The number of rotatable bonds is 1. The Morgan fingerprint density at radius 2 is 2.05 bits per heavy atom. The zero-order valence-corrected chi connectivity index (χ0v) is 11.6. The Morgan fingerprint density at radius 1 is 1.26 bits per heavy atom. The number of nitrogens with zero attached hydrogens (tertiary/aromatic N) is 1. The van der Waals surface area contributed by atoms with E-state index in [2.05, 4.69) is 19.9 Å². The number of hydrogen-bond donors (Lipinski definition) is 0. The van der Waals surface area contributed by atoms with Crippen LogP contribution in [0.25, 0.3) is 11.0 Å². The van der Waals surface area contributed by atoms with Gasteiger partial charge in [0, 0.05) is 12.3 Å². The van der Waals surface area contributed by atoms with Gasteiger partial charge in [-0.1, -0.05) is 25.0 Å². The molecule has 19 heavy (non-hydrogen) atoms. The first-order chi connectivity index (χ1) is 9.15. The Labute approximate surface area is 112 Å². The van der Waals surface area contributed by atoms with E-state index in [4.69, 9.17) is 4.42 Å². The van der Waals surface area contributed by atoms with Gasteiger partial charge in [-0.3, -0.25) is 0 Å². The van der Waals surface area contributed by atoms with Gasteiger partial charge in [-0.15, -0.1) is 4.57 Å². The summed E-state index contributed by atoms with van der Waals surface area (Å²) in [6.07, 6.45) is 6.72. The van der Waals surface area contributed by atoms with Crippen molar-refractivity contribution in [3.05, 3.63) is 40.5 Å². The van der Waals surface area contributed by atoms with E-state index >= 15 is 0 Å². The van der Waals surface area contributed by atoms with Crippen molar-refractivity contribution in [1.29, 1.82) is 0 Å². The quantitative estimate of drug-likeness (QED) is 0.736. The number of benzene rings is 1. The summed E-state index contributed by atoms with van der Waals surface area (Å²) >= 11 is 0. The Hall–Kier alpha value is -1.64. The predicted molar refractivity (Wildman–Crippen MR) is 74.1 cm³/mol. The third-order valence-electron chi connectivity index (χ3n) is 4.28. The van der Waals surface area contributed by atoms with Gasteiger partial charge in [-0.25, -0.2) is 0 Å². The van der Waals surface area contributed by atoms with E-state index in [1.54, 1.807) is 0 Å². The number of hydrogen-bond acceptors (Lipinski definition) is 2. The van der Waals surface area contributed by atoms with Crippen molar-refractivity contribution in [3.8, 4) is 0 Å². The molecule has 1 aliphatic carbocycles. The molecule has 2 unspecified atom stereocenters. The number of aromatic nitrogens is 1. The van der Waals surface area contributed by atoms with Gasteiger partial charge in [0.2, 0.25) is 0 Å². The SMILES string of the molecule is Cc1ccc2oc(=O)[n+](C3CCCCC3C)cc2c1. The fourth-order valence-corrected chi connectivity index (χ4v) is 3.15. The lowest BCUT2D eigenvalue weighted by molar-refractivity contribution is -0.753. The standard InChI is InChI=1S/C16H20NO2/c1-11-7-8-15-13(9-11)10-17(16(18)19-15)14-6-4-3-5-12(14)2/h7-10,12,14H,3-6H2,1-2H3/q+1. The van der Waals surface area contributed by atoms with E-state index < -0.39 is 0 Å². The van der Waals surface area contributed by atoms with Crippen LogP contribution in [0, 0.1) is 12.8 Å². The fourth-order valence-electron chi connectivity index (χ4n) is 3.15. The summed E-state index contributed by atoms with van der Waals surface area (Å²) in [4.78, 5) is 12.2. The van der Waals surface area contributed by atoms with Gasteiger partial charge in [0.1, 0.15) is 0 Å². The predicted octanol–water partition coefficient (Wildman–Crippen LogP) is 3.14. The smallest absolute Gasteiger partial charge is 0.372 e. The molecule has 0 radical (unpaired) electrons. The monoisotopic (exact) mass is 258 g/mol. The molecule has 3 nitrogen and oxygen atoms in total. The molecule has 0 aliphatic heterocycles. The van der Waals surface area contributed by atoms with Crippen LogP contribution in [0.5, 0.6) is 0 Å². The van der Waals surface area contributed by atoms with Gasteiger partial charge in [0.15, 0.2) is 17.8 Å². The van der Waals surface area contributed by atoms with Crippen LogP contribution in [-0.2, 0) is 0 Å². The van der Waals surface area contributed by atoms with E-state index in [9.17, 15) is 4.79 Å². The average molecular weight is 258 g/mol. The van der Waals surface area contributed by atoms with Gasteiger partial charge in [0.05, 0.1) is 5.39 Å². The molecule has 1 aromatic carbocycles. The lowest BCUT2D eigenvalue weighted by Crippen LogP contribution is -2.55. The van der Waals surface area contributed by atoms with E-state index in [-0.39, 0.29) is 11.8 Å². The second-order valence-electron chi connectivity index (χ2n) is 5.77. The van der Waals surface area contributed by atoms with Crippen LogP contribution >= 0.6 is 0 Å². The summed E-state index contributed by atoms with van der Waals surface area (Å²) in [6.45, 7) is 4.29. The van der Waals surface area contributed by atoms with Crippen LogP contribution in [-0.4, -0.2) is 0 Å². The lowest BCUT2D eigenvalue weighted by Gasteiger charge is -2.23. The van der Waals surface area contributed by atoms with Gasteiger partial charge >= 0.3 is 5.76 Å². The summed E-state index contributed by atoms with van der Waals surface area (Å²) in [5.41, 5.74) is 1.86. The number of aryl methyl sites for hydroxylation is 1. The minimum Gasteiger partial charge on any atom is -0.372 e. The van der Waals surface area contributed by atoms with E-state index in [0.717, 1.165) is 11.8 Å². The molecule has 100 valence electrons. The van der Waals surface area contributed by atoms with Crippen LogP contribution in [0.4, 0.5) is 0 Å². The van der Waals surface area contributed by atoms with E-state index in [1.807, 2.05) is 22.9 Å². The van der Waals surface area contributed by atoms with Crippen LogP contribution in [0.2, 0.25) is 0 Å². The topological polar surface area (TPSA) is 34.1 Å².